The van der Waals surface area contributed by atoms with Gasteiger partial charge in [0.1, 0.15) is 5.76 Å². The summed E-state index contributed by atoms with van der Waals surface area (Å²) in [6.45, 7) is 2.71. The largest absolute Gasteiger partial charge is 0.475 e. The lowest BCUT2D eigenvalue weighted by Gasteiger charge is -2.11. The summed E-state index contributed by atoms with van der Waals surface area (Å²) in [5.41, 5.74) is 0.585. The van der Waals surface area contributed by atoms with E-state index < -0.39 is 5.97 Å². The monoisotopic (exact) mass is 241 g/mol. The van der Waals surface area contributed by atoms with Gasteiger partial charge in [0.15, 0.2) is 0 Å². The second-order valence-corrected chi connectivity index (χ2v) is 4.61. The summed E-state index contributed by atoms with van der Waals surface area (Å²) in [5.74, 6) is 0.176. The van der Waals surface area contributed by atoms with Gasteiger partial charge in [-0.1, -0.05) is 11.8 Å². The van der Waals surface area contributed by atoms with Crippen LogP contribution in [0.25, 0.3) is 0 Å². The maximum atomic E-state index is 11.3. The van der Waals surface area contributed by atoms with Gasteiger partial charge in [-0.2, -0.15) is 0 Å². The summed E-state index contributed by atoms with van der Waals surface area (Å²) in [6.07, 6.45) is 0. The van der Waals surface area contributed by atoms with Gasteiger partial charge in [-0.15, -0.1) is 0 Å². The normalized spacial score (nSPS) is 15.8. The van der Waals surface area contributed by atoms with E-state index in [1.807, 2.05) is 0 Å². The molecule has 1 fully saturated rings. The van der Waals surface area contributed by atoms with E-state index in [0.29, 0.717) is 24.4 Å². The van der Waals surface area contributed by atoms with E-state index in [2.05, 4.69) is 0 Å². The average Bonchev–Trinajstić information content (AvgIpc) is 2.75. The Labute approximate surface area is 96.4 Å². The highest BCUT2D eigenvalue weighted by atomic mass is 32.2. The molecule has 0 radical (unpaired) electrons. The van der Waals surface area contributed by atoms with Crippen LogP contribution in [0.4, 0.5) is 4.79 Å². The van der Waals surface area contributed by atoms with Crippen molar-refractivity contribution in [3.05, 3.63) is 23.2 Å². The summed E-state index contributed by atoms with van der Waals surface area (Å²) >= 11 is 1.27. The number of nitrogens with zero attached hydrogens (tertiary/aromatic N) is 1. The second kappa shape index (κ2) is 4.21. The van der Waals surface area contributed by atoms with Crippen molar-refractivity contribution in [2.45, 2.75) is 13.5 Å². The van der Waals surface area contributed by atoms with E-state index in [9.17, 15) is 9.59 Å². The van der Waals surface area contributed by atoms with Crippen molar-refractivity contribution in [1.82, 2.24) is 4.90 Å². The summed E-state index contributed by atoms with van der Waals surface area (Å²) in [5, 5.41) is 8.83. The molecule has 6 heteroatoms. The zero-order valence-electron chi connectivity index (χ0n) is 8.73. The molecule has 1 aromatic heterocycles. The van der Waals surface area contributed by atoms with Crippen LogP contribution in [0.1, 0.15) is 21.9 Å². The molecule has 1 aliphatic rings. The minimum Gasteiger partial charge on any atom is -0.475 e. The minimum atomic E-state index is -1.08. The third-order valence-electron chi connectivity index (χ3n) is 2.35. The third kappa shape index (κ3) is 2.06. The highest BCUT2D eigenvalue weighted by Crippen LogP contribution is 2.22. The first-order valence-corrected chi connectivity index (χ1v) is 5.81. The predicted molar refractivity (Wildman–Crippen MR) is 58.7 cm³/mol. The van der Waals surface area contributed by atoms with Gasteiger partial charge in [-0.05, 0) is 13.0 Å². The molecule has 0 saturated carbocycles. The Bertz CT molecular complexity index is 440. The van der Waals surface area contributed by atoms with Gasteiger partial charge in [0, 0.05) is 17.9 Å². The highest BCUT2D eigenvalue weighted by Gasteiger charge is 2.23. The number of carbonyl (C=O) groups is 2. The number of amides is 1. The molecular weight excluding hydrogens is 230 g/mol. The maximum Gasteiger partial charge on any atom is 0.372 e. The Morgan fingerprint density at radius 1 is 1.69 bits per heavy atom. The fourth-order valence-corrected chi connectivity index (χ4v) is 2.42. The second-order valence-electron chi connectivity index (χ2n) is 3.57. The molecule has 0 atom stereocenters. The van der Waals surface area contributed by atoms with Gasteiger partial charge < -0.3 is 14.4 Å². The maximum absolute atomic E-state index is 11.3. The first kappa shape index (κ1) is 11.1. The number of hydrogen-bond acceptors (Lipinski definition) is 4. The lowest BCUT2D eigenvalue weighted by Crippen LogP contribution is -2.22. The highest BCUT2D eigenvalue weighted by molar-refractivity contribution is 8.13. The molecular formula is C10H11NO4S. The van der Waals surface area contributed by atoms with Crippen molar-refractivity contribution in [2.24, 2.45) is 0 Å². The molecule has 16 heavy (non-hydrogen) atoms. The van der Waals surface area contributed by atoms with E-state index in [-0.39, 0.29) is 11.0 Å². The Hall–Kier alpha value is -1.43. The van der Waals surface area contributed by atoms with Crippen LogP contribution in [0, 0.1) is 6.92 Å². The Morgan fingerprint density at radius 3 is 2.94 bits per heavy atom. The van der Waals surface area contributed by atoms with E-state index in [4.69, 9.17) is 9.52 Å². The molecule has 0 bridgehead atoms. The van der Waals surface area contributed by atoms with Crippen molar-refractivity contribution in [2.75, 3.05) is 12.3 Å². The fraction of sp³-hybridized carbons (Fsp3) is 0.400. The van der Waals surface area contributed by atoms with E-state index >= 15 is 0 Å². The summed E-state index contributed by atoms with van der Waals surface area (Å²) in [7, 11) is 0. The smallest absolute Gasteiger partial charge is 0.372 e. The number of carboxylic acids is 1. The molecule has 1 N–H and O–H groups in total. The third-order valence-corrected chi connectivity index (χ3v) is 3.25. The lowest BCUT2D eigenvalue weighted by atomic mass is 10.2. The summed E-state index contributed by atoms with van der Waals surface area (Å²) < 4.78 is 5.18. The van der Waals surface area contributed by atoms with E-state index in [1.54, 1.807) is 17.9 Å². The number of aryl methyl sites for hydroxylation is 1. The molecule has 2 heterocycles. The minimum absolute atomic E-state index is 0.0194. The first-order chi connectivity index (χ1) is 7.58. The molecule has 0 spiro atoms. The summed E-state index contributed by atoms with van der Waals surface area (Å²) in [6, 6.07) is 1.67. The molecule has 0 unspecified atom stereocenters. The molecule has 1 aromatic rings. The zero-order valence-corrected chi connectivity index (χ0v) is 9.54. The first-order valence-electron chi connectivity index (χ1n) is 4.82. The number of carbonyl (C=O) groups excluding carboxylic acids is 1. The number of carboxylic acid groups (broad SMARTS) is 1. The topological polar surface area (TPSA) is 70.8 Å². The molecule has 0 aliphatic carbocycles. The fourth-order valence-electron chi connectivity index (χ4n) is 1.60. The number of furan rings is 1. The van der Waals surface area contributed by atoms with Crippen LogP contribution in [0.5, 0.6) is 0 Å². The number of hydrogen-bond donors (Lipinski definition) is 1. The Morgan fingerprint density at radius 2 is 2.44 bits per heavy atom. The standard InChI is InChI=1S/C10H11NO4S/c1-6-4-7(15-8(6)9(12)13)5-11-2-3-16-10(11)14/h4H,2-3,5H2,1H3,(H,12,13). The van der Waals surface area contributed by atoms with Crippen molar-refractivity contribution in [1.29, 1.82) is 0 Å². The van der Waals surface area contributed by atoms with Crippen molar-refractivity contribution < 1.29 is 19.1 Å². The van der Waals surface area contributed by atoms with Gasteiger partial charge in [0.05, 0.1) is 6.54 Å². The van der Waals surface area contributed by atoms with Gasteiger partial charge in [0.2, 0.25) is 5.76 Å². The molecule has 5 nitrogen and oxygen atoms in total. The van der Waals surface area contributed by atoms with Gasteiger partial charge in [-0.3, -0.25) is 4.79 Å². The molecule has 1 amide bonds. The van der Waals surface area contributed by atoms with Crippen LogP contribution >= 0.6 is 11.8 Å². The van der Waals surface area contributed by atoms with Crippen molar-refractivity contribution in [3.63, 3.8) is 0 Å². The van der Waals surface area contributed by atoms with Crippen LogP contribution in [0.3, 0.4) is 0 Å². The quantitative estimate of drug-likeness (QED) is 0.875. The molecule has 1 saturated heterocycles. The lowest BCUT2D eigenvalue weighted by molar-refractivity contribution is 0.0658. The van der Waals surface area contributed by atoms with Gasteiger partial charge in [0.25, 0.3) is 5.24 Å². The molecule has 86 valence electrons. The van der Waals surface area contributed by atoms with Crippen molar-refractivity contribution >= 4 is 23.0 Å². The molecule has 0 aromatic carbocycles. The van der Waals surface area contributed by atoms with Gasteiger partial charge in [-0.25, -0.2) is 4.79 Å². The Balaban J connectivity index is 2.13. The van der Waals surface area contributed by atoms with Crippen LogP contribution in [0.15, 0.2) is 10.5 Å². The molecule has 2 rings (SSSR count). The van der Waals surface area contributed by atoms with Crippen LogP contribution in [0.2, 0.25) is 0 Å². The number of aromatic carboxylic acids is 1. The predicted octanol–water partition coefficient (Wildman–Crippen LogP) is 1.96. The number of rotatable bonds is 3. The van der Waals surface area contributed by atoms with Gasteiger partial charge >= 0.3 is 5.97 Å². The van der Waals surface area contributed by atoms with E-state index in [0.717, 1.165) is 5.75 Å². The zero-order chi connectivity index (χ0) is 11.7. The Kier molecular flexibility index (Phi) is 2.91. The number of thioether (sulfide) groups is 1. The summed E-state index contributed by atoms with van der Waals surface area (Å²) in [4.78, 5) is 23.7. The van der Waals surface area contributed by atoms with Crippen LogP contribution in [-0.2, 0) is 6.54 Å². The average molecular weight is 241 g/mol. The van der Waals surface area contributed by atoms with Crippen LogP contribution < -0.4 is 0 Å². The van der Waals surface area contributed by atoms with E-state index in [1.165, 1.54) is 11.8 Å². The SMILES string of the molecule is Cc1cc(CN2CCSC2=O)oc1C(=O)O. The molecule has 1 aliphatic heterocycles. The van der Waals surface area contributed by atoms with Crippen LogP contribution in [-0.4, -0.2) is 33.5 Å². The van der Waals surface area contributed by atoms with Crippen molar-refractivity contribution in [3.8, 4) is 0 Å².